The summed E-state index contributed by atoms with van der Waals surface area (Å²) in [5.74, 6) is -0.101. The molecule has 0 bridgehead atoms. The van der Waals surface area contributed by atoms with Crippen molar-refractivity contribution in [3.8, 4) is 22.4 Å². The van der Waals surface area contributed by atoms with Crippen LogP contribution in [-0.2, 0) is 6.54 Å². The summed E-state index contributed by atoms with van der Waals surface area (Å²) < 4.78 is 0. The lowest BCUT2D eigenvalue weighted by Gasteiger charge is -2.11. The van der Waals surface area contributed by atoms with Crippen molar-refractivity contribution < 1.29 is 4.79 Å². The van der Waals surface area contributed by atoms with Gasteiger partial charge in [-0.3, -0.25) is 4.79 Å². The van der Waals surface area contributed by atoms with E-state index in [0.717, 1.165) is 33.3 Å². The Morgan fingerprint density at radius 2 is 1.36 bits per heavy atom. The van der Waals surface area contributed by atoms with Crippen LogP contribution < -0.4 is 5.32 Å². The molecule has 160 valence electrons. The molecule has 1 N–H and O–H groups in total. The minimum absolute atomic E-state index is 0.101. The molecule has 0 atom stereocenters. The molecule has 0 saturated heterocycles. The van der Waals surface area contributed by atoms with Crippen LogP contribution in [0, 0.1) is 6.92 Å². The van der Waals surface area contributed by atoms with Gasteiger partial charge < -0.3 is 5.32 Å². The Bertz CT molecular complexity index is 1410. The molecule has 1 heterocycles. The van der Waals surface area contributed by atoms with Gasteiger partial charge in [0.25, 0.3) is 5.91 Å². The number of pyridine rings is 1. The molecule has 5 aromatic rings. The van der Waals surface area contributed by atoms with Gasteiger partial charge in [0.1, 0.15) is 0 Å². The molecule has 4 aromatic carbocycles. The second-order valence-corrected chi connectivity index (χ2v) is 8.18. The fraction of sp³-hybridized carbons (Fsp3) is 0.0667. The van der Waals surface area contributed by atoms with E-state index < -0.39 is 0 Å². The van der Waals surface area contributed by atoms with Crippen molar-refractivity contribution in [3.05, 3.63) is 126 Å². The van der Waals surface area contributed by atoms with E-state index in [1.165, 1.54) is 11.1 Å². The van der Waals surface area contributed by atoms with Gasteiger partial charge in [-0.1, -0.05) is 103 Å². The summed E-state index contributed by atoms with van der Waals surface area (Å²) in [5, 5.41) is 3.92. The van der Waals surface area contributed by atoms with Crippen LogP contribution in [0.5, 0.6) is 0 Å². The molecule has 3 heteroatoms. The first kappa shape index (κ1) is 20.7. The second kappa shape index (κ2) is 9.09. The van der Waals surface area contributed by atoms with Crippen LogP contribution in [-0.4, -0.2) is 10.9 Å². The number of carbonyl (C=O) groups excluding carboxylic acids is 1. The largest absolute Gasteiger partial charge is 0.348 e. The fourth-order valence-corrected chi connectivity index (χ4v) is 3.96. The van der Waals surface area contributed by atoms with Crippen molar-refractivity contribution in [1.82, 2.24) is 10.3 Å². The predicted molar refractivity (Wildman–Crippen MR) is 135 cm³/mol. The Morgan fingerprint density at radius 3 is 2.12 bits per heavy atom. The number of amides is 1. The van der Waals surface area contributed by atoms with Crippen LogP contribution >= 0.6 is 0 Å². The van der Waals surface area contributed by atoms with E-state index in [0.29, 0.717) is 12.1 Å². The molecule has 3 nitrogen and oxygen atoms in total. The van der Waals surface area contributed by atoms with Gasteiger partial charge in [0.15, 0.2) is 0 Å². The molecule has 0 fully saturated rings. The number of nitrogens with zero attached hydrogens (tertiary/aromatic N) is 1. The van der Waals surface area contributed by atoms with Crippen LogP contribution in [0.25, 0.3) is 33.3 Å². The highest BCUT2D eigenvalue weighted by atomic mass is 16.1. The van der Waals surface area contributed by atoms with Crippen molar-refractivity contribution in [2.75, 3.05) is 0 Å². The summed E-state index contributed by atoms with van der Waals surface area (Å²) in [6, 6.07) is 36.5. The summed E-state index contributed by atoms with van der Waals surface area (Å²) in [7, 11) is 0. The van der Waals surface area contributed by atoms with Gasteiger partial charge in [-0.15, -0.1) is 0 Å². The summed E-state index contributed by atoms with van der Waals surface area (Å²) in [6.45, 7) is 2.54. The zero-order chi connectivity index (χ0) is 22.6. The third-order valence-electron chi connectivity index (χ3n) is 5.82. The molecule has 0 aliphatic carbocycles. The number of carbonyl (C=O) groups is 1. The zero-order valence-electron chi connectivity index (χ0n) is 18.5. The van der Waals surface area contributed by atoms with Crippen molar-refractivity contribution >= 4 is 16.8 Å². The first-order chi connectivity index (χ1) is 16.2. The van der Waals surface area contributed by atoms with Gasteiger partial charge in [-0.2, -0.15) is 0 Å². The molecule has 0 aliphatic rings. The maximum Gasteiger partial charge on any atom is 0.252 e. The van der Waals surface area contributed by atoms with E-state index >= 15 is 0 Å². The second-order valence-electron chi connectivity index (χ2n) is 8.18. The zero-order valence-corrected chi connectivity index (χ0v) is 18.5. The summed E-state index contributed by atoms with van der Waals surface area (Å²) >= 11 is 0. The average Bonchev–Trinajstić information content (AvgIpc) is 2.88. The number of fused-ring (bicyclic) bond motifs is 1. The van der Waals surface area contributed by atoms with Gasteiger partial charge in [-0.05, 0) is 35.7 Å². The highest BCUT2D eigenvalue weighted by molar-refractivity contribution is 6.07. The van der Waals surface area contributed by atoms with Gasteiger partial charge in [0, 0.05) is 17.5 Å². The molecular formula is C30H24N2O. The molecule has 0 unspecified atom stereocenters. The molecular weight excluding hydrogens is 404 g/mol. The number of aryl methyl sites for hydroxylation is 1. The molecule has 1 aromatic heterocycles. The lowest BCUT2D eigenvalue weighted by Crippen LogP contribution is -2.23. The number of benzene rings is 4. The van der Waals surface area contributed by atoms with Crippen LogP contribution in [0.1, 0.15) is 21.5 Å². The number of para-hydroxylation sites is 1. The molecule has 0 spiro atoms. The van der Waals surface area contributed by atoms with E-state index in [1.54, 1.807) is 0 Å². The van der Waals surface area contributed by atoms with E-state index in [2.05, 4.69) is 60.8 Å². The number of hydrogen-bond acceptors (Lipinski definition) is 2. The van der Waals surface area contributed by atoms with Crippen LogP contribution in [0.15, 0.2) is 109 Å². The van der Waals surface area contributed by atoms with Crippen LogP contribution in [0.4, 0.5) is 0 Å². The first-order valence-electron chi connectivity index (χ1n) is 11.1. The fourth-order valence-electron chi connectivity index (χ4n) is 3.96. The van der Waals surface area contributed by atoms with E-state index in [9.17, 15) is 4.79 Å². The van der Waals surface area contributed by atoms with Crippen molar-refractivity contribution in [3.63, 3.8) is 0 Å². The maximum atomic E-state index is 13.2. The number of hydrogen-bond donors (Lipinski definition) is 1. The monoisotopic (exact) mass is 428 g/mol. The topological polar surface area (TPSA) is 42.0 Å². The van der Waals surface area contributed by atoms with Crippen LogP contribution in [0.2, 0.25) is 0 Å². The van der Waals surface area contributed by atoms with Gasteiger partial charge in [0.05, 0.1) is 16.8 Å². The molecule has 0 saturated carbocycles. The van der Waals surface area contributed by atoms with Crippen molar-refractivity contribution in [1.29, 1.82) is 0 Å². The third kappa shape index (κ3) is 4.53. The molecule has 0 aliphatic heterocycles. The Morgan fingerprint density at radius 1 is 0.727 bits per heavy atom. The third-order valence-corrected chi connectivity index (χ3v) is 5.82. The molecule has 0 radical (unpaired) electrons. The van der Waals surface area contributed by atoms with E-state index in [1.807, 2.05) is 60.7 Å². The summed E-state index contributed by atoms with van der Waals surface area (Å²) in [5.41, 5.74) is 7.80. The lowest BCUT2D eigenvalue weighted by molar-refractivity contribution is 0.0952. The Balaban J connectivity index is 1.47. The number of rotatable bonds is 5. The van der Waals surface area contributed by atoms with Gasteiger partial charge in [0.2, 0.25) is 0 Å². The Labute approximate surface area is 193 Å². The summed E-state index contributed by atoms with van der Waals surface area (Å²) in [4.78, 5) is 18.0. The van der Waals surface area contributed by atoms with E-state index in [4.69, 9.17) is 4.98 Å². The minimum Gasteiger partial charge on any atom is -0.348 e. The van der Waals surface area contributed by atoms with Crippen LogP contribution in [0.3, 0.4) is 0 Å². The molecule has 5 rings (SSSR count). The minimum atomic E-state index is -0.101. The Kier molecular flexibility index (Phi) is 5.69. The first-order valence-corrected chi connectivity index (χ1v) is 11.1. The SMILES string of the molecule is Cc1ccc(CNC(=O)c2cc(-c3ccc(-c4ccccc4)cc3)nc3ccccc23)cc1. The highest BCUT2D eigenvalue weighted by Crippen LogP contribution is 2.27. The molecule has 33 heavy (non-hydrogen) atoms. The van der Waals surface area contributed by atoms with Gasteiger partial charge in [-0.25, -0.2) is 4.98 Å². The lowest BCUT2D eigenvalue weighted by atomic mass is 10.0. The number of nitrogens with one attached hydrogen (secondary N) is 1. The smallest absolute Gasteiger partial charge is 0.252 e. The van der Waals surface area contributed by atoms with Gasteiger partial charge >= 0.3 is 0 Å². The van der Waals surface area contributed by atoms with Crippen molar-refractivity contribution in [2.24, 2.45) is 0 Å². The predicted octanol–water partition coefficient (Wildman–Crippen LogP) is 6.81. The number of aromatic nitrogens is 1. The highest BCUT2D eigenvalue weighted by Gasteiger charge is 2.14. The molecule has 1 amide bonds. The Hall–Kier alpha value is -4.24. The standard InChI is InChI=1S/C30H24N2O/c1-21-11-13-22(14-12-21)20-31-30(33)27-19-29(32-28-10-6-5-9-26(27)28)25-17-15-24(16-18-25)23-7-3-2-4-8-23/h2-19H,20H2,1H3,(H,31,33). The maximum absolute atomic E-state index is 13.2. The average molecular weight is 429 g/mol. The van der Waals surface area contributed by atoms with Crippen molar-refractivity contribution in [2.45, 2.75) is 13.5 Å². The quantitative estimate of drug-likeness (QED) is 0.334. The summed E-state index contributed by atoms with van der Waals surface area (Å²) in [6.07, 6.45) is 0. The normalized spacial score (nSPS) is 10.8. The van der Waals surface area contributed by atoms with E-state index in [-0.39, 0.29) is 5.91 Å².